The largest absolute Gasteiger partial charge is 0.494 e. The van der Waals surface area contributed by atoms with E-state index in [9.17, 15) is 8.42 Å². The number of nitrogens with one attached hydrogen (secondary N) is 1. The lowest BCUT2D eigenvalue weighted by Crippen LogP contribution is -2.12. The van der Waals surface area contributed by atoms with Crippen molar-refractivity contribution in [1.82, 2.24) is 4.98 Å². The minimum Gasteiger partial charge on any atom is -0.494 e. The zero-order valence-corrected chi connectivity index (χ0v) is 17.8. The third kappa shape index (κ3) is 4.37. The molecular weight excluding hydrogens is 428 g/mol. The minimum atomic E-state index is -3.67. The summed E-state index contributed by atoms with van der Waals surface area (Å²) in [4.78, 5) is 4.81. The van der Waals surface area contributed by atoms with Crippen molar-refractivity contribution in [1.29, 1.82) is 0 Å². The van der Waals surface area contributed by atoms with E-state index in [-0.39, 0.29) is 4.90 Å². The minimum absolute atomic E-state index is 0.155. The van der Waals surface area contributed by atoms with E-state index in [0.29, 0.717) is 17.3 Å². The van der Waals surface area contributed by atoms with Gasteiger partial charge >= 0.3 is 0 Å². The first-order valence-corrected chi connectivity index (χ1v) is 11.5. The van der Waals surface area contributed by atoms with E-state index in [1.807, 2.05) is 37.3 Å². The predicted octanol–water partition coefficient (Wildman–Crippen LogP) is 5.82. The normalized spacial score (nSPS) is 11.5. The van der Waals surface area contributed by atoms with Crippen LogP contribution in [0.2, 0.25) is 5.02 Å². The first-order chi connectivity index (χ1) is 13.9. The zero-order valence-electron chi connectivity index (χ0n) is 15.4. The molecule has 0 aliphatic rings. The first-order valence-electron chi connectivity index (χ1n) is 8.87. The molecule has 8 heteroatoms. The second-order valence-electron chi connectivity index (χ2n) is 6.22. The van der Waals surface area contributed by atoms with E-state index < -0.39 is 10.0 Å². The van der Waals surface area contributed by atoms with Gasteiger partial charge in [0.05, 0.1) is 21.7 Å². The van der Waals surface area contributed by atoms with Crippen molar-refractivity contribution in [2.75, 3.05) is 11.3 Å². The van der Waals surface area contributed by atoms with Gasteiger partial charge in [0.1, 0.15) is 10.8 Å². The summed E-state index contributed by atoms with van der Waals surface area (Å²) in [5.74, 6) is 0.821. The van der Waals surface area contributed by atoms with Crippen LogP contribution in [0.1, 0.15) is 6.92 Å². The standard InChI is InChI=1S/C21H17ClN2O3S2/c1-2-27-17-9-12-19-20(13-17)28-21(23-19)14-3-7-16(8-4-14)24-29(25,26)18-10-5-15(22)6-11-18/h3-13,24H,2H2,1H3. The molecule has 5 nitrogen and oxygen atoms in total. The number of fused-ring (bicyclic) bond motifs is 1. The zero-order chi connectivity index (χ0) is 20.4. The van der Waals surface area contributed by atoms with Gasteiger partial charge in [0.15, 0.2) is 0 Å². The van der Waals surface area contributed by atoms with Gasteiger partial charge in [0, 0.05) is 16.3 Å². The van der Waals surface area contributed by atoms with E-state index >= 15 is 0 Å². The predicted molar refractivity (Wildman–Crippen MR) is 118 cm³/mol. The maximum atomic E-state index is 12.5. The molecule has 0 unspecified atom stereocenters. The molecule has 0 spiro atoms. The highest BCUT2D eigenvalue weighted by molar-refractivity contribution is 7.92. The third-order valence-corrected chi connectivity index (χ3v) is 6.90. The quantitative estimate of drug-likeness (QED) is 0.407. The van der Waals surface area contributed by atoms with Crippen LogP contribution in [0, 0.1) is 0 Å². The molecule has 0 fully saturated rings. The third-order valence-electron chi connectivity index (χ3n) is 4.18. The summed E-state index contributed by atoms with van der Waals surface area (Å²) in [6.45, 7) is 2.57. The summed E-state index contributed by atoms with van der Waals surface area (Å²) in [6, 6.07) is 19.0. The molecule has 0 saturated heterocycles. The van der Waals surface area contributed by atoms with Crippen LogP contribution >= 0.6 is 22.9 Å². The Morgan fingerprint density at radius 2 is 1.76 bits per heavy atom. The van der Waals surface area contributed by atoms with Crippen molar-refractivity contribution in [2.45, 2.75) is 11.8 Å². The van der Waals surface area contributed by atoms with Crippen molar-refractivity contribution in [2.24, 2.45) is 0 Å². The summed E-state index contributed by atoms with van der Waals surface area (Å²) in [6.07, 6.45) is 0. The van der Waals surface area contributed by atoms with Gasteiger partial charge in [-0.3, -0.25) is 4.72 Å². The first kappa shape index (κ1) is 19.7. The Balaban J connectivity index is 1.56. The smallest absolute Gasteiger partial charge is 0.261 e. The number of ether oxygens (including phenoxy) is 1. The summed E-state index contributed by atoms with van der Waals surface area (Å²) in [5.41, 5.74) is 2.29. The molecule has 0 amide bonds. The molecular formula is C21H17ClN2O3S2. The lowest BCUT2D eigenvalue weighted by molar-refractivity contribution is 0.341. The Morgan fingerprint density at radius 1 is 1.03 bits per heavy atom. The summed E-state index contributed by atoms with van der Waals surface area (Å²) >= 11 is 7.39. The maximum Gasteiger partial charge on any atom is 0.261 e. The number of nitrogens with zero attached hydrogens (tertiary/aromatic N) is 1. The van der Waals surface area contributed by atoms with E-state index in [1.54, 1.807) is 35.6 Å². The Morgan fingerprint density at radius 3 is 2.45 bits per heavy atom. The van der Waals surface area contributed by atoms with Crippen LogP contribution in [0.15, 0.2) is 71.6 Å². The van der Waals surface area contributed by atoms with E-state index in [2.05, 4.69) is 9.71 Å². The lowest BCUT2D eigenvalue weighted by atomic mass is 10.2. The van der Waals surface area contributed by atoms with Crippen molar-refractivity contribution in [3.8, 4) is 16.3 Å². The molecule has 0 bridgehead atoms. The Hall–Kier alpha value is -2.61. The fourth-order valence-electron chi connectivity index (χ4n) is 2.79. The van der Waals surface area contributed by atoms with Crippen LogP contribution in [0.25, 0.3) is 20.8 Å². The van der Waals surface area contributed by atoms with Gasteiger partial charge in [-0.05, 0) is 73.7 Å². The van der Waals surface area contributed by atoms with Gasteiger partial charge in [0.2, 0.25) is 0 Å². The van der Waals surface area contributed by atoms with E-state index in [0.717, 1.165) is 26.5 Å². The molecule has 1 heterocycles. The summed E-state index contributed by atoms with van der Waals surface area (Å²) in [7, 11) is -3.67. The molecule has 3 aromatic carbocycles. The topological polar surface area (TPSA) is 68.3 Å². The van der Waals surface area contributed by atoms with Crippen LogP contribution in [0.5, 0.6) is 5.75 Å². The highest BCUT2D eigenvalue weighted by Crippen LogP contribution is 2.33. The monoisotopic (exact) mass is 444 g/mol. The van der Waals surface area contributed by atoms with Gasteiger partial charge in [-0.15, -0.1) is 11.3 Å². The van der Waals surface area contributed by atoms with E-state index in [4.69, 9.17) is 16.3 Å². The number of rotatable bonds is 6. The van der Waals surface area contributed by atoms with Crippen molar-refractivity contribution in [3.05, 3.63) is 71.8 Å². The van der Waals surface area contributed by atoms with Crippen LogP contribution in [0.4, 0.5) is 5.69 Å². The van der Waals surface area contributed by atoms with Crippen LogP contribution in [-0.2, 0) is 10.0 Å². The number of thiazole rings is 1. The van der Waals surface area contributed by atoms with Gasteiger partial charge in [0.25, 0.3) is 10.0 Å². The van der Waals surface area contributed by atoms with Gasteiger partial charge < -0.3 is 4.74 Å². The second-order valence-corrected chi connectivity index (χ2v) is 9.37. The number of benzene rings is 3. The Bertz CT molecular complexity index is 1250. The number of aromatic nitrogens is 1. The molecule has 0 saturated carbocycles. The average molecular weight is 445 g/mol. The summed E-state index contributed by atoms with van der Waals surface area (Å²) in [5, 5.41) is 1.35. The second kappa shape index (κ2) is 8.02. The number of sulfonamides is 1. The fourth-order valence-corrected chi connectivity index (χ4v) is 4.98. The van der Waals surface area contributed by atoms with Crippen LogP contribution in [-0.4, -0.2) is 20.0 Å². The van der Waals surface area contributed by atoms with Crippen molar-refractivity contribution >= 4 is 48.9 Å². The molecule has 0 aliphatic heterocycles. The van der Waals surface area contributed by atoms with Gasteiger partial charge in [-0.2, -0.15) is 0 Å². The molecule has 0 radical (unpaired) electrons. The molecule has 0 aliphatic carbocycles. The average Bonchev–Trinajstić information content (AvgIpc) is 3.12. The van der Waals surface area contributed by atoms with Gasteiger partial charge in [-0.1, -0.05) is 11.6 Å². The highest BCUT2D eigenvalue weighted by atomic mass is 35.5. The molecule has 1 aromatic heterocycles. The van der Waals surface area contributed by atoms with Crippen LogP contribution in [0.3, 0.4) is 0 Å². The Labute approximate surface area is 178 Å². The van der Waals surface area contributed by atoms with Crippen LogP contribution < -0.4 is 9.46 Å². The Kier molecular flexibility index (Phi) is 5.45. The molecule has 0 atom stereocenters. The van der Waals surface area contributed by atoms with Crippen molar-refractivity contribution in [3.63, 3.8) is 0 Å². The molecule has 4 aromatic rings. The van der Waals surface area contributed by atoms with E-state index in [1.165, 1.54) is 12.1 Å². The molecule has 29 heavy (non-hydrogen) atoms. The fraction of sp³-hybridized carbons (Fsp3) is 0.0952. The highest BCUT2D eigenvalue weighted by Gasteiger charge is 2.14. The molecule has 148 valence electrons. The molecule has 1 N–H and O–H groups in total. The SMILES string of the molecule is CCOc1ccc2nc(-c3ccc(NS(=O)(=O)c4ccc(Cl)cc4)cc3)sc2c1. The number of hydrogen-bond donors (Lipinski definition) is 1. The summed E-state index contributed by atoms with van der Waals surface area (Å²) < 4.78 is 34.1. The maximum absolute atomic E-state index is 12.5. The number of halogens is 1. The number of anilines is 1. The molecule has 4 rings (SSSR count). The van der Waals surface area contributed by atoms with Crippen molar-refractivity contribution < 1.29 is 13.2 Å². The number of hydrogen-bond acceptors (Lipinski definition) is 5. The van der Waals surface area contributed by atoms with Gasteiger partial charge in [-0.25, -0.2) is 13.4 Å². The lowest BCUT2D eigenvalue weighted by Gasteiger charge is -2.08.